The number of nitrogens with two attached hydrogens (primary N) is 1. The molecule has 0 saturated heterocycles. The summed E-state index contributed by atoms with van der Waals surface area (Å²) < 4.78 is 5.62. The molecule has 18 heavy (non-hydrogen) atoms. The zero-order valence-electron chi connectivity index (χ0n) is 11.4. The highest BCUT2D eigenvalue weighted by molar-refractivity contribution is 5.99. The van der Waals surface area contributed by atoms with Crippen molar-refractivity contribution in [2.45, 2.75) is 46.0 Å². The smallest absolute Gasteiger partial charge is 0.162 e. The quantitative estimate of drug-likeness (QED) is 0.433. The van der Waals surface area contributed by atoms with Crippen molar-refractivity contribution in [1.29, 1.82) is 0 Å². The van der Waals surface area contributed by atoms with E-state index in [4.69, 9.17) is 10.5 Å². The van der Waals surface area contributed by atoms with Crippen molar-refractivity contribution in [2.75, 3.05) is 12.3 Å². The number of ketones is 1. The standard InChI is InChI=1S/C15H23NO2/c1-3-4-5-6-7-10-18-13-8-9-15(16)14(11-13)12(2)17/h8-9,11H,3-7,10,16H2,1-2H3. The summed E-state index contributed by atoms with van der Waals surface area (Å²) in [6.07, 6.45) is 6.06. The molecule has 0 amide bonds. The summed E-state index contributed by atoms with van der Waals surface area (Å²) in [6.45, 7) is 4.42. The SMILES string of the molecule is CCCCCCCOc1ccc(N)c(C(C)=O)c1. The van der Waals surface area contributed by atoms with Gasteiger partial charge in [-0.25, -0.2) is 0 Å². The Kier molecular flexibility index (Phi) is 6.26. The molecule has 1 aromatic rings. The number of rotatable bonds is 8. The van der Waals surface area contributed by atoms with Gasteiger partial charge < -0.3 is 10.5 Å². The van der Waals surface area contributed by atoms with Gasteiger partial charge in [0.2, 0.25) is 0 Å². The first-order chi connectivity index (χ1) is 8.65. The van der Waals surface area contributed by atoms with Crippen LogP contribution in [0.5, 0.6) is 5.75 Å². The van der Waals surface area contributed by atoms with Gasteiger partial charge >= 0.3 is 0 Å². The van der Waals surface area contributed by atoms with Crippen molar-refractivity contribution in [3.63, 3.8) is 0 Å². The number of carbonyl (C=O) groups excluding carboxylic acids is 1. The second kappa shape index (κ2) is 7.75. The maximum atomic E-state index is 11.3. The minimum absolute atomic E-state index is 0.0269. The summed E-state index contributed by atoms with van der Waals surface area (Å²) in [5.41, 5.74) is 6.78. The third-order valence-electron chi connectivity index (χ3n) is 2.92. The predicted octanol–water partition coefficient (Wildman–Crippen LogP) is 3.82. The van der Waals surface area contributed by atoms with Gasteiger partial charge in [0.1, 0.15) is 5.75 Å². The van der Waals surface area contributed by atoms with E-state index in [1.807, 2.05) is 6.07 Å². The van der Waals surface area contributed by atoms with Crippen LogP contribution in [0.2, 0.25) is 0 Å². The Morgan fingerprint density at radius 1 is 1.22 bits per heavy atom. The maximum absolute atomic E-state index is 11.3. The number of benzene rings is 1. The summed E-state index contributed by atoms with van der Waals surface area (Å²) in [6, 6.07) is 5.26. The van der Waals surface area contributed by atoms with Gasteiger partial charge in [-0.1, -0.05) is 32.6 Å². The van der Waals surface area contributed by atoms with E-state index in [1.165, 1.54) is 32.6 Å². The van der Waals surface area contributed by atoms with Crippen LogP contribution in [0, 0.1) is 0 Å². The molecule has 0 saturated carbocycles. The highest BCUT2D eigenvalue weighted by atomic mass is 16.5. The highest BCUT2D eigenvalue weighted by Crippen LogP contribution is 2.20. The average Bonchev–Trinajstić information content (AvgIpc) is 2.35. The number of unbranched alkanes of at least 4 members (excludes halogenated alkanes) is 4. The fourth-order valence-electron chi connectivity index (χ4n) is 1.83. The average molecular weight is 249 g/mol. The third kappa shape index (κ3) is 4.78. The first kappa shape index (κ1) is 14.6. The molecule has 1 aromatic carbocycles. The number of carbonyl (C=O) groups is 1. The van der Waals surface area contributed by atoms with Crippen LogP contribution >= 0.6 is 0 Å². The molecular formula is C15H23NO2. The summed E-state index contributed by atoms with van der Waals surface area (Å²) in [7, 11) is 0. The Bertz CT molecular complexity index is 388. The molecule has 0 aliphatic heterocycles. The van der Waals surface area contributed by atoms with Crippen LogP contribution in [0.15, 0.2) is 18.2 Å². The molecule has 100 valence electrons. The molecule has 0 radical (unpaired) electrons. The molecule has 0 bridgehead atoms. The number of nitrogen functional groups attached to an aromatic ring is 1. The van der Waals surface area contributed by atoms with Crippen LogP contribution in [-0.4, -0.2) is 12.4 Å². The van der Waals surface area contributed by atoms with E-state index in [2.05, 4.69) is 6.92 Å². The van der Waals surface area contributed by atoms with Gasteiger partial charge in [-0.2, -0.15) is 0 Å². The molecule has 3 nitrogen and oxygen atoms in total. The van der Waals surface area contributed by atoms with E-state index >= 15 is 0 Å². The van der Waals surface area contributed by atoms with E-state index in [0.717, 1.165) is 12.2 Å². The normalized spacial score (nSPS) is 10.3. The van der Waals surface area contributed by atoms with Crippen LogP contribution in [0.4, 0.5) is 5.69 Å². The van der Waals surface area contributed by atoms with Crippen LogP contribution in [0.3, 0.4) is 0 Å². The van der Waals surface area contributed by atoms with E-state index in [-0.39, 0.29) is 5.78 Å². The van der Waals surface area contributed by atoms with Crippen molar-refractivity contribution < 1.29 is 9.53 Å². The Labute approximate surface area is 109 Å². The molecule has 0 aliphatic carbocycles. The lowest BCUT2D eigenvalue weighted by atomic mass is 10.1. The second-order valence-electron chi connectivity index (χ2n) is 4.57. The molecule has 0 spiro atoms. The fourth-order valence-corrected chi connectivity index (χ4v) is 1.83. The second-order valence-corrected chi connectivity index (χ2v) is 4.57. The van der Waals surface area contributed by atoms with Crippen molar-refractivity contribution in [3.05, 3.63) is 23.8 Å². The highest BCUT2D eigenvalue weighted by Gasteiger charge is 2.06. The van der Waals surface area contributed by atoms with Crippen LogP contribution in [0.25, 0.3) is 0 Å². The summed E-state index contributed by atoms with van der Waals surface area (Å²) in [5.74, 6) is 0.700. The Morgan fingerprint density at radius 2 is 1.94 bits per heavy atom. The van der Waals surface area contributed by atoms with E-state index in [1.54, 1.807) is 12.1 Å². The minimum Gasteiger partial charge on any atom is -0.494 e. The lowest BCUT2D eigenvalue weighted by Crippen LogP contribution is -2.02. The number of hydrogen-bond donors (Lipinski definition) is 1. The largest absolute Gasteiger partial charge is 0.494 e. The summed E-state index contributed by atoms with van der Waals surface area (Å²) in [5, 5.41) is 0. The third-order valence-corrected chi connectivity index (χ3v) is 2.92. The monoisotopic (exact) mass is 249 g/mol. The van der Waals surface area contributed by atoms with Crippen molar-refractivity contribution in [2.24, 2.45) is 0 Å². The van der Waals surface area contributed by atoms with E-state index in [9.17, 15) is 4.79 Å². The fraction of sp³-hybridized carbons (Fsp3) is 0.533. The van der Waals surface area contributed by atoms with Gasteiger partial charge in [0, 0.05) is 11.3 Å². The molecule has 3 heteroatoms. The van der Waals surface area contributed by atoms with Gasteiger partial charge in [-0.05, 0) is 31.5 Å². The van der Waals surface area contributed by atoms with Crippen molar-refractivity contribution >= 4 is 11.5 Å². The number of Topliss-reactive ketones (excluding diaryl/α,β-unsaturated/α-hetero) is 1. The van der Waals surface area contributed by atoms with Gasteiger partial charge in [0.05, 0.1) is 6.61 Å². The summed E-state index contributed by atoms with van der Waals surface area (Å²) in [4.78, 5) is 11.3. The molecule has 0 fully saturated rings. The molecule has 1 rings (SSSR count). The van der Waals surface area contributed by atoms with Crippen LogP contribution in [0.1, 0.15) is 56.3 Å². The van der Waals surface area contributed by atoms with Crippen molar-refractivity contribution in [3.8, 4) is 5.75 Å². The van der Waals surface area contributed by atoms with E-state index in [0.29, 0.717) is 17.9 Å². The van der Waals surface area contributed by atoms with Crippen LogP contribution < -0.4 is 10.5 Å². The van der Waals surface area contributed by atoms with E-state index < -0.39 is 0 Å². The lowest BCUT2D eigenvalue weighted by molar-refractivity contribution is 0.101. The number of hydrogen-bond acceptors (Lipinski definition) is 3. The molecule has 0 aromatic heterocycles. The van der Waals surface area contributed by atoms with Gasteiger partial charge in [-0.3, -0.25) is 4.79 Å². The van der Waals surface area contributed by atoms with Crippen molar-refractivity contribution in [1.82, 2.24) is 0 Å². The first-order valence-electron chi connectivity index (χ1n) is 6.68. The number of anilines is 1. The maximum Gasteiger partial charge on any atom is 0.162 e. The zero-order valence-corrected chi connectivity index (χ0v) is 11.4. The van der Waals surface area contributed by atoms with Gasteiger partial charge in [0.15, 0.2) is 5.78 Å². The molecule has 2 N–H and O–H groups in total. The molecule has 0 atom stereocenters. The molecular weight excluding hydrogens is 226 g/mol. The molecule has 0 aliphatic rings. The molecule has 0 heterocycles. The Hall–Kier alpha value is -1.51. The molecule has 0 unspecified atom stereocenters. The zero-order chi connectivity index (χ0) is 13.4. The lowest BCUT2D eigenvalue weighted by Gasteiger charge is -2.08. The van der Waals surface area contributed by atoms with Gasteiger partial charge in [0.25, 0.3) is 0 Å². The first-order valence-corrected chi connectivity index (χ1v) is 6.68. The Balaban J connectivity index is 2.38. The number of ether oxygens (including phenoxy) is 1. The van der Waals surface area contributed by atoms with Gasteiger partial charge in [-0.15, -0.1) is 0 Å². The predicted molar refractivity (Wildman–Crippen MR) is 75.1 cm³/mol. The summed E-state index contributed by atoms with van der Waals surface area (Å²) >= 11 is 0. The van der Waals surface area contributed by atoms with Crippen LogP contribution in [-0.2, 0) is 0 Å². The topological polar surface area (TPSA) is 52.3 Å². The Morgan fingerprint density at radius 3 is 2.61 bits per heavy atom. The minimum atomic E-state index is -0.0269.